The lowest BCUT2D eigenvalue weighted by molar-refractivity contribution is -0.152. The maximum Gasteiger partial charge on any atom is 0.328 e. The van der Waals surface area contributed by atoms with Crippen LogP contribution in [-0.2, 0) is 14.3 Å². The standard InChI is InChI=1S/C26H31FN2O6/c1-14-13-19(27)9-10-20(14)22(18-7-6-8-18)16(3)34-26(32)15(2)29-25(31)23-24(35-17(4)30)21(33-5)11-12-28-23/h9-13,15-16,18,22H,6-8H2,1-5H3,(H,29,31)/t15-,16-,22+/m0/s1. The third-order valence-corrected chi connectivity index (χ3v) is 6.31. The van der Waals surface area contributed by atoms with Gasteiger partial charge in [-0.1, -0.05) is 12.5 Å². The van der Waals surface area contributed by atoms with Crippen LogP contribution in [0.15, 0.2) is 30.5 Å². The van der Waals surface area contributed by atoms with Gasteiger partial charge in [0, 0.05) is 25.1 Å². The molecule has 1 saturated carbocycles. The van der Waals surface area contributed by atoms with Crippen molar-refractivity contribution in [1.29, 1.82) is 0 Å². The number of hydrogen-bond donors (Lipinski definition) is 1. The van der Waals surface area contributed by atoms with E-state index in [0.29, 0.717) is 5.92 Å². The van der Waals surface area contributed by atoms with Crippen molar-refractivity contribution in [1.82, 2.24) is 10.3 Å². The van der Waals surface area contributed by atoms with Gasteiger partial charge < -0.3 is 19.5 Å². The number of aromatic nitrogens is 1. The molecule has 1 aromatic heterocycles. The van der Waals surface area contributed by atoms with Gasteiger partial charge in [0.2, 0.25) is 5.75 Å². The second kappa shape index (κ2) is 11.3. The van der Waals surface area contributed by atoms with E-state index in [4.69, 9.17) is 14.2 Å². The number of esters is 2. The highest BCUT2D eigenvalue weighted by Crippen LogP contribution is 2.43. The van der Waals surface area contributed by atoms with E-state index in [1.807, 2.05) is 13.8 Å². The summed E-state index contributed by atoms with van der Waals surface area (Å²) in [7, 11) is 1.37. The Morgan fingerprint density at radius 2 is 1.89 bits per heavy atom. The maximum absolute atomic E-state index is 13.7. The normalized spacial score (nSPS) is 15.8. The SMILES string of the molecule is COc1ccnc(C(=O)N[C@@H](C)C(=O)O[C@@H](C)[C@@H](c2ccc(F)cc2C)C2CCC2)c1OC(C)=O. The zero-order chi connectivity index (χ0) is 25.7. The van der Waals surface area contributed by atoms with E-state index in [9.17, 15) is 18.8 Å². The molecule has 8 nitrogen and oxygen atoms in total. The molecule has 1 aliphatic rings. The van der Waals surface area contributed by atoms with E-state index in [0.717, 1.165) is 30.4 Å². The lowest BCUT2D eigenvalue weighted by Crippen LogP contribution is -2.42. The van der Waals surface area contributed by atoms with Crippen LogP contribution in [0.25, 0.3) is 0 Å². The molecule has 35 heavy (non-hydrogen) atoms. The number of aryl methyl sites for hydroxylation is 1. The van der Waals surface area contributed by atoms with Gasteiger partial charge in [-0.05, 0) is 62.8 Å². The van der Waals surface area contributed by atoms with Crippen molar-refractivity contribution in [3.8, 4) is 11.5 Å². The molecule has 1 fully saturated rings. The number of ether oxygens (including phenoxy) is 3. The fourth-order valence-electron chi connectivity index (χ4n) is 4.38. The van der Waals surface area contributed by atoms with E-state index < -0.39 is 30.0 Å². The van der Waals surface area contributed by atoms with E-state index in [1.54, 1.807) is 6.07 Å². The third kappa shape index (κ3) is 6.15. The molecule has 9 heteroatoms. The Morgan fingerprint density at radius 3 is 2.46 bits per heavy atom. The summed E-state index contributed by atoms with van der Waals surface area (Å²) in [5.41, 5.74) is 1.58. The molecule has 2 aromatic rings. The number of amides is 1. The smallest absolute Gasteiger partial charge is 0.328 e. The largest absolute Gasteiger partial charge is 0.493 e. The summed E-state index contributed by atoms with van der Waals surface area (Å²) in [5.74, 6) is -2.02. The Kier molecular flexibility index (Phi) is 8.43. The topological polar surface area (TPSA) is 104 Å². The summed E-state index contributed by atoms with van der Waals surface area (Å²) >= 11 is 0. The van der Waals surface area contributed by atoms with Crippen LogP contribution in [-0.4, -0.2) is 42.1 Å². The lowest BCUT2D eigenvalue weighted by Gasteiger charge is -2.38. The van der Waals surface area contributed by atoms with E-state index in [1.165, 1.54) is 45.4 Å². The molecular formula is C26H31FN2O6. The minimum absolute atomic E-state index is 0.0770. The number of benzene rings is 1. The highest BCUT2D eigenvalue weighted by atomic mass is 19.1. The van der Waals surface area contributed by atoms with Gasteiger partial charge in [-0.2, -0.15) is 0 Å². The van der Waals surface area contributed by atoms with Gasteiger partial charge in [-0.25, -0.2) is 14.2 Å². The van der Waals surface area contributed by atoms with Crippen LogP contribution in [0, 0.1) is 18.7 Å². The van der Waals surface area contributed by atoms with Crippen molar-refractivity contribution < 1.29 is 33.0 Å². The van der Waals surface area contributed by atoms with Gasteiger partial charge >= 0.3 is 11.9 Å². The highest BCUT2D eigenvalue weighted by molar-refractivity contribution is 5.98. The summed E-state index contributed by atoms with van der Waals surface area (Å²) in [5, 5.41) is 2.55. The van der Waals surface area contributed by atoms with Crippen LogP contribution >= 0.6 is 0 Å². The summed E-state index contributed by atoms with van der Waals surface area (Å²) < 4.78 is 29.7. The average Bonchev–Trinajstić information content (AvgIpc) is 2.76. The zero-order valence-corrected chi connectivity index (χ0v) is 20.6. The van der Waals surface area contributed by atoms with E-state index >= 15 is 0 Å². The number of methoxy groups -OCH3 is 1. The van der Waals surface area contributed by atoms with Gasteiger partial charge in [-0.3, -0.25) is 9.59 Å². The molecule has 1 N–H and O–H groups in total. The van der Waals surface area contributed by atoms with Crippen LogP contribution < -0.4 is 14.8 Å². The first-order valence-electron chi connectivity index (χ1n) is 11.6. The van der Waals surface area contributed by atoms with Crippen LogP contribution in [0.5, 0.6) is 11.5 Å². The first kappa shape index (κ1) is 26.1. The van der Waals surface area contributed by atoms with Crippen molar-refractivity contribution in [3.05, 3.63) is 53.1 Å². The second-order valence-electron chi connectivity index (χ2n) is 8.84. The first-order valence-corrected chi connectivity index (χ1v) is 11.6. The van der Waals surface area contributed by atoms with Gasteiger partial charge in [0.15, 0.2) is 11.4 Å². The first-order chi connectivity index (χ1) is 16.6. The van der Waals surface area contributed by atoms with Crippen molar-refractivity contribution in [2.75, 3.05) is 7.11 Å². The van der Waals surface area contributed by atoms with Crippen LogP contribution in [0.3, 0.4) is 0 Å². The number of rotatable bonds is 9. The molecule has 0 aliphatic heterocycles. The molecule has 1 amide bonds. The Morgan fingerprint density at radius 1 is 1.17 bits per heavy atom. The predicted molar refractivity (Wildman–Crippen MR) is 126 cm³/mol. The molecule has 188 valence electrons. The number of nitrogens with zero attached hydrogens (tertiary/aromatic N) is 1. The summed E-state index contributed by atoms with van der Waals surface area (Å²) in [6, 6.07) is 5.12. The van der Waals surface area contributed by atoms with Gasteiger partial charge in [-0.15, -0.1) is 0 Å². The van der Waals surface area contributed by atoms with Gasteiger partial charge in [0.25, 0.3) is 5.91 Å². The van der Waals surface area contributed by atoms with E-state index in [-0.39, 0.29) is 28.9 Å². The molecule has 3 atom stereocenters. The molecule has 0 radical (unpaired) electrons. The Labute approximate surface area is 204 Å². The average molecular weight is 487 g/mol. The lowest BCUT2D eigenvalue weighted by atomic mass is 9.70. The molecule has 0 spiro atoms. The summed E-state index contributed by atoms with van der Waals surface area (Å²) in [4.78, 5) is 41.2. The second-order valence-corrected chi connectivity index (χ2v) is 8.84. The Bertz CT molecular complexity index is 1100. The number of carbonyl (C=O) groups is 3. The predicted octanol–water partition coefficient (Wildman–Crippen LogP) is 4.10. The zero-order valence-electron chi connectivity index (χ0n) is 20.6. The van der Waals surface area contributed by atoms with Crippen LogP contribution in [0.1, 0.15) is 67.6 Å². The number of halogens is 1. The minimum Gasteiger partial charge on any atom is -0.493 e. The fraction of sp³-hybridized carbons (Fsp3) is 0.462. The van der Waals surface area contributed by atoms with Crippen molar-refractivity contribution in [2.24, 2.45) is 5.92 Å². The summed E-state index contributed by atoms with van der Waals surface area (Å²) in [6.45, 7) is 6.36. The Balaban J connectivity index is 1.73. The molecule has 0 unspecified atom stereocenters. The molecule has 1 aliphatic carbocycles. The molecule has 3 rings (SSSR count). The van der Waals surface area contributed by atoms with Crippen molar-refractivity contribution >= 4 is 17.8 Å². The highest BCUT2D eigenvalue weighted by Gasteiger charge is 2.36. The number of hydrogen-bond acceptors (Lipinski definition) is 7. The van der Waals surface area contributed by atoms with Crippen LogP contribution in [0.2, 0.25) is 0 Å². The number of nitrogens with one attached hydrogen (secondary N) is 1. The van der Waals surface area contributed by atoms with Crippen LogP contribution in [0.4, 0.5) is 4.39 Å². The van der Waals surface area contributed by atoms with Gasteiger partial charge in [0.1, 0.15) is 18.0 Å². The quantitative estimate of drug-likeness (QED) is 0.532. The molecule has 1 aromatic carbocycles. The van der Waals surface area contributed by atoms with Crippen molar-refractivity contribution in [3.63, 3.8) is 0 Å². The molecule has 1 heterocycles. The number of carbonyl (C=O) groups excluding carboxylic acids is 3. The molecular weight excluding hydrogens is 455 g/mol. The number of pyridine rings is 1. The van der Waals surface area contributed by atoms with E-state index in [2.05, 4.69) is 10.3 Å². The molecule has 0 saturated heterocycles. The molecule has 0 bridgehead atoms. The summed E-state index contributed by atoms with van der Waals surface area (Å²) in [6.07, 6.45) is 3.97. The van der Waals surface area contributed by atoms with Gasteiger partial charge in [0.05, 0.1) is 7.11 Å². The monoisotopic (exact) mass is 486 g/mol. The Hall–Kier alpha value is -3.49. The fourth-order valence-corrected chi connectivity index (χ4v) is 4.38. The third-order valence-electron chi connectivity index (χ3n) is 6.31. The minimum atomic E-state index is -1.00. The van der Waals surface area contributed by atoms with Crippen molar-refractivity contribution in [2.45, 2.75) is 65.0 Å². The maximum atomic E-state index is 13.7.